The van der Waals surface area contributed by atoms with Gasteiger partial charge >= 0.3 is 0 Å². The number of nitrogens with one attached hydrogen (secondary N) is 1. The first-order valence-corrected chi connectivity index (χ1v) is 11.7. The average molecular weight is 447 g/mol. The Labute approximate surface area is 199 Å². The molecule has 4 aromatic carbocycles. The molecule has 2 amide bonds. The Bertz CT molecular complexity index is 1320. The molecule has 1 heterocycles. The van der Waals surface area contributed by atoms with E-state index in [0.717, 1.165) is 30.5 Å². The van der Waals surface area contributed by atoms with Gasteiger partial charge in [-0.2, -0.15) is 0 Å². The minimum Gasteiger partial charge on any atom is -0.322 e. The van der Waals surface area contributed by atoms with Crippen LogP contribution < -0.4 is 10.2 Å². The molecular formula is C30H26N2O2. The fraction of sp³-hybridized carbons (Fsp3) is 0.133. The Morgan fingerprint density at radius 1 is 0.676 bits per heavy atom. The van der Waals surface area contributed by atoms with Crippen molar-refractivity contribution in [3.05, 3.63) is 120 Å². The molecule has 4 nitrogen and oxygen atoms in total. The molecule has 1 aliphatic heterocycles. The molecule has 1 N–H and O–H groups in total. The Balaban J connectivity index is 1.61. The van der Waals surface area contributed by atoms with E-state index in [9.17, 15) is 9.59 Å². The van der Waals surface area contributed by atoms with Gasteiger partial charge in [0.1, 0.15) is 0 Å². The van der Waals surface area contributed by atoms with Crippen LogP contribution in [0, 0.1) is 0 Å². The van der Waals surface area contributed by atoms with Gasteiger partial charge in [-0.1, -0.05) is 72.8 Å². The normalized spacial score (nSPS) is 13.0. The van der Waals surface area contributed by atoms with E-state index in [1.807, 2.05) is 89.8 Å². The molecule has 0 spiro atoms. The lowest BCUT2D eigenvalue weighted by molar-refractivity contribution is 0.0987. The molecule has 0 aromatic heterocycles. The molecule has 4 heteroatoms. The van der Waals surface area contributed by atoms with Crippen molar-refractivity contribution in [2.45, 2.75) is 19.3 Å². The van der Waals surface area contributed by atoms with Gasteiger partial charge in [0.25, 0.3) is 11.8 Å². The van der Waals surface area contributed by atoms with Gasteiger partial charge < -0.3 is 10.2 Å². The van der Waals surface area contributed by atoms with Gasteiger partial charge in [0.15, 0.2) is 0 Å². The van der Waals surface area contributed by atoms with Gasteiger partial charge in [-0.05, 0) is 60.7 Å². The molecule has 0 radical (unpaired) electrons. The summed E-state index contributed by atoms with van der Waals surface area (Å²) in [7, 11) is 0. The van der Waals surface area contributed by atoms with Crippen LogP contribution in [0.5, 0.6) is 0 Å². The monoisotopic (exact) mass is 446 g/mol. The number of amides is 2. The topological polar surface area (TPSA) is 49.4 Å². The predicted molar refractivity (Wildman–Crippen MR) is 137 cm³/mol. The number of carbonyl (C=O) groups is 2. The van der Waals surface area contributed by atoms with Gasteiger partial charge in [-0.3, -0.25) is 9.59 Å². The van der Waals surface area contributed by atoms with Crippen LogP contribution in [0.15, 0.2) is 103 Å². The first-order valence-electron chi connectivity index (χ1n) is 11.7. The molecule has 0 saturated carbocycles. The van der Waals surface area contributed by atoms with E-state index in [1.165, 1.54) is 5.56 Å². The number of rotatable bonds is 4. The third-order valence-corrected chi connectivity index (χ3v) is 6.24. The zero-order valence-corrected chi connectivity index (χ0v) is 18.9. The fourth-order valence-corrected chi connectivity index (χ4v) is 4.60. The molecule has 0 fully saturated rings. The largest absolute Gasteiger partial charge is 0.322 e. The number of anilines is 2. The number of benzene rings is 4. The molecule has 0 bridgehead atoms. The smallest absolute Gasteiger partial charge is 0.258 e. The van der Waals surface area contributed by atoms with E-state index < -0.39 is 0 Å². The first-order chi connectivity index (χ1) is 16.7. The Hall–Kier alpha value is -4.18. The van der Waals surface area contributed by atoms with Gasteiger partial charge in [-0.15, -0.1) is 0 Å². The minimum atomic E-state index is -0.240. The maximum absolute atomic E-state index is 14.0. The number of hydrogen-bond donors (Lipinski definition) is 1. The molecule has 0 saturated heterocycles. The second-order valence-electron chi connectivity index (χ2n) is 8.46. The summed E-state index contributed by atoms with van der Waals surface area (Å²) in [5.74, 6) is -0.321. The summed E-state index contributed by atoms with van der Waals surface area (Å²) in [5.41, 5.74) is 5.36. The van der Waals surface area contributed by atoms with Crippen molar-refractivity contribution in [2.75, 3.05) is 16.8 Å². The molecule has 0 atom stereocenters. The standard InChI is InChI=1S/C30H26N2O2/c33-29(31-24-16-5-2-6-17-24)25-18-11-19-26(28(25)23-14-3-1-4-15-23)30(34)32-21-10-9-13-22-12-7-8-20-27(22)32/h1-8,11-12,14-20H,9-10,13,21H2,(H,31,33). The molecular weight excluding hydrogens is 420 g/mol. The second kappa shape index (κ2) is 9.75. The minimum absolute atomic E-state index is 0.0810. The van der Waals surface area contributed by atoms with E-state index in [4.69, 9.17) is 0 Å². The summed E-state index contributed by atoms with van der Waals surface area (Å²) in [6, 6.07) is 32.6. The zero-order valence-electron chi connectivity index (χ0n) is 18.9. The van der Waals surface area contributed by atoms with Crippen LogP contribution in [0.4, 0.5) is 11.4 Å². The van der Waals surface area contributed by atoms with Crippen molar-refractivity contribution in [1.82, 2.24) is 0 Å². The highest BCUT2D eigenvalue weighted by molar-refractivity contribution is 6.16. The van der Waals surface area contributed by atoms with Gasteiger partial charge in [0.2, 0.25) is 0 Å². The van der Waals surface area contributed by atoms with Crippen LogP contribution in [-0.2, 0) is 6.42 Å². The Kier molecular flexibility index (Phi) is 6.21. The number of fused-ring (bicyclic) bond motifs is 1. The summed E-state index contributed by atoms with van der Waals surface area (Å²) in [5, 5.41) is 2.98. The van der Waals surface area contributed by atoms with Crippen molar-refractivity contribution >= 4 is 23.2 Å². The molecule has 5 rings (SSSR count). The summed E-state index contributed by atoms with van der Waals surface area (Å²) in [4.78, 5) is 29.3. The predicted octanol–water partition coefficient (Wildman–Crippen LogP) is 6.59. The average Bonchev–Trinajstić information content (AvgIpc) is 3.11. The van der Waals surface area contributed by atoms with Crippen molar-refractivity contribution in [1.29, 1.82) is 0 Å². The van der Waals surface area contributed by atoms with Crippen molar-refractivity contribution in [2.24, 2.45) is 0 Å². The van der Waals surface area contributed by atoms with Crippen molar-refractivity contribution in [3.8, 4) is 11.1 Å². The van der Waals surface area contributed by atoms with E-state index in [0.29, 0.717) is 28.9 Å². The lowest BCUT2D eigenvalue weighted by atomic mass is 9.92. The van der Waals surface area contributed by atoms with Crippen LogP contribution in [0.3, 0.4) is 0 Å². The summed E-state index contributed by atoms with van der Waals surface area (Å²) >= 11 is 0. The van der Waals surface area contributed by atoms with Crippen LogP contribution in [0.2, 0.25) is 0 Å². The lowest BCUT2D eigenvalue weighted by Crippen LogP contribution is -2.32. The molecule has 4 aromatic rings. The number of para-hydroxylation sites is 2. The van der Waals surface area contributed by atoms with E-state index in [-0.39, 0.29) is 11.8 Å². The number of aryl methyl sites for hydroxylation is 1. The lowest BCUT2D eigenvalue weighted by Gasteiger charge is -2.25. The SMILES string of the molecule is O=C(Nc1ccccc1)c1cccc(C(=O)N2CCCCc3ccccc32)c1-c1ccccc1. The maximum atomic E-state index is 14.0. The molecule has 168 valence electrons. The first kappa shape index (κ1) is 21.7. The Morgan fingerprint density at radius 3 is 2.15 bits per heavy atom. The van der Waals surface area contributed by atoms with Crippen LogP contribution in [0.25, 0.3) is 11.1 Å². The Morgan fingerprint density at radius 2 is 1.35 bits per heavy atom. The molecule has 0 unspecified atom stereocenters. The van der Waals surface area contributed by atoms with Gasteiger partial charge in [-0.25, -0.2) is 0 Å². The van der Waals surface area contributed by atoms with E-state index in [2.05, 4.69) is 11.4 Å². The third kappa shape index (κ3) is 4.35. The highest BCUT2D eigenvalue weighted by Crippen LogP contribution is 2.33. The number of carbonyl (C=O) groups excluding carboxylic acids is 2. The molecule has 0 aliphatic carbocycles. The summed E-state index contributed by atoms with van der Waals surface area (Å²) in [6.45, 7) is 0.657. The number of nitrogens with zero attached hydrogens (tertiary/aromatic N) is 1. The third-order valence-electron chi connectivity index (χ3n) is 6.24. The highest BCUT2D eigenvalue weighted by Gasteiger charge is 2.27. The molecule has 34 heavy (non-hydrogen) atoms. The highest BCUT2D eigenvalue weighted by atomic mass is 16.2. The zero-order chi connectivity index (χ0) is 23.3. The summed E-state index contributed by atoms with van der Waals surface area (Å²) < 4.78 is 0. The maximum Gasteiger partial charge on any atom is 0.258 e. The molecule has 1 aliphatic rings. The van der Waals surface area contributed by atoms with Gasteiger partial charge in [0, 0.05) is 34.6 Å². The van der Waals surface area contributed by atoms with E-state index in [1.54, 1.807) is 12.1 Å². The van der Waals surface area contributed by atoms with E-state index >= 15 is 0 Å². The van der Waals surface area contributed by atoms with Crippen LogP contribution in [0.1, 0.15) is 39.1 Å². The van der Waals surface area contributed by atoms with Gasteiger partial charge in [0.05, 0.1) is 0 Å². The fourth-order valence-electron chi connectivity index (χ4n) is 4.60. The van der Waals surface area contributed by atoms with Crippen molar-refractivity contribution < 1.29 is 9.59 Å². The number of hydrogen-bond acceptors (Lipinski definition) is 2. The second-order valence-corrected chi connectivity index (χ2v) is 8.46. The summed E-state index contributed by atoms with van der Waals surface area (Å²) in [6.07, 6.45) is 2.95. The van der Waals surface area contributed by atoms with Crippen LogP contribution in [-0.4, -0.2) is 18.4 Å². The van der Waals surface area contributed by atoms with Crippen molar-refractivity contribution in [3.63, 3.8) is 0 Å². The van der Waals surface area contributed by atoms with Crippen LogP contribution >= 0.6 is 0 Å². The quantitative estimate of drug-likeness (QED) is 0.384.